The minimum atomic E-state index is 0.441. The van der Waals surface area contributed by atoms with Gasteiger partial charge in [-0.25, -0.2) is 0 Å². The van der Waals surface area contributed by atoms with Crippen molar-refractivity contribution in [2.45, 2.75) is 13.1 Å². The Bertz CT molecular complexity index is 419. The minimum Gasteiger partial charge on any atom is -0.326 e. The average Bonchev–Trinajstić information content (AvgIpc) is 2.63. The average molecular weight is 177 g/mol. The van der Waals surface area contributed by atoms with Crippen LogP contribution in [0.5, 0.6) is 0 Å². The fourth-order valence-electron chi connectivity index (χ4n) is 1.43. The Balaban J connectivity index is 2.74. The largest absolute Gasteiger partial charge is 0.326 e. The van der Waals surface area contributed by atoms with Gasteiger partial charge in [0.1, 0.15) is 11.0 Å². The van der Waals surface area contributed by atoms with Crippen molar-refractivity contribution in [3.05, 3.63) is 23.3 Å². The molecule has 0 bridgehead atoms. The molecule has 13 heavy (non-hydrogen) atoms. The second-order valence-electron chi connectivity index (χ2n) is 2.80. The number of nitrogens with two attached hydrogens (primary N) is 2. The van der Waals surface area contributed by atoms with Crippen molar-refractivity contribution in [2.24, 2.45) is 11.5 Å². The second-order valence-corrected chi connectivity index (χ2v) is 2.80. The fraction of sp³-hybridized carbons (Fsp3) is 0.250. The molecule has 0 fully saturated rings. The highest BCUT2D eigenvalue weighted by Gasteiger charge is 2.07. The molecule has 0 saturated heterocycles. The quantitative estimate of drug-likeness (QED) is 0.596. The Labute approximate surface area is 75.1 Å². The summed E-state index contributed by atoms with van der Waals surface area (Å²) in [6.45, 7) is 0.922. The smallest absolute Gasteiger partial charge is 0.117 e. The number of fused-ring (bicyclic) bond motifs is 1. The number of nitrogens with zero attached hydrogens (tertiary/aromatic N) is 2. The predicted molar refractivity (Wildman–Crippen MR) is 49.7 cm³/mol. The summed E-state index contributed by atoms with van der Waals surface area (Å²) < 4.78 is 0. The van der Waals surface area contributed by atoms with Gasteiger partial charge >= 0.3 is 0 Å². The van der Waals surface area contributed by atoms with Gasteiger partial charge in [-0.05, 0) is 17.2 Å². The van der Waals surface area contributed by atoms with Crippen molar-refractivity contribution in [1.29, 1.82) is 0 Å². The first-order valence-corrected chi connectivity index (χ1v) is 4.08. The van der Waals surface area contributed by atoms with Crippen LogP contribution in [0.25, 0.3) is 11.0 Å². The Morgan fingerprint density at radius 3 is 2.69 bits per heavy atom. The molecule has 2 rings (SSSR count). The van der Waals surface area contributed by atoms with Crippen LogP contribution in [0.4, 0.5) is 0 Å². The summed E-state index contributed by atoms with van der Waals surface area (Å²) in [5.74, 6) is 0. The third-order valence-electron chi connectivity index (χ3n) is 2.11. The highest BCUT2D eigenvalue weighted by atomic mass is 15.3. The van der Waals surface area contributed by atoms with Crippen molar-refractivity contribution < 1.29 is 0 Å². The van der Waals surface area contributed by atoms with Crippen LogP contribution in [-0.2, 0) is 13.1 Å². The van der Waals surface area contributed by atoms with E-state index in [2.05, 4.69) is 15.4 Å². The summed E-state index contributed by atoms with van der Waals surface area (Å²) in [5, 5.41) is 10.6. The summed E-state index contributed by atoms with van der Waals surface area (Å²) in [6, 6.07) is 3.83. The Morgan fingerprint density at radius 2 is 2.00 bits per heavy atom. The van der Waals surface area contributed by atoms with E-state index in [4.69, 9.17) is 11.5 Å². The normalized spacial score (nSPS) is 10.9. The maximum absolute atomic E-state index is 5.61. The number of nitrogens with one attached hydrogen (secondary N) is 1. The second kappa shape index (κ2) is 3.12. The van der Waals surface area contributed by atoms with Crippen molar-refractivity contribution in [1.82, 2.24) is 15.4 Å². The lowest BCUT2D eigenvalue weighted by atomic mass is 10.1. The molecule has 0 unspecified atom stereocenters. The maximum atomic E-state index is 5.61. The standard InChI is InChI=1S/C8H11N5/c9-3-5-1-2-7-8(6(5)4-10)12-13-11-7/h1-2H,3-4,9-10H2,(H,11,12,13). The van der Waals surface area contributed by atoms with E-state index in [0.29, 0.717) is 13.1 Å². The number of rotatable bonds is 2. The number of aromatic nitrogens is 3. The number of hydrogen-bond acceptors (Lipinski definition) is 4. The molecule has 1 heterocycles. The summed E-state index contributed by atoms with van der Waals surface area (Å²) >= 11 is 0. The first-order chi connectivity index (χ1) is 6.36. The maximum Gasteiger partial charge on any atom is 0.117 e. The first-order valence-electron chi connectivity index (χ1n) is 4.08. The van der Waals surface area contributed by atoms with Gasteiger partial charge in [-0.15, -0.1) is 0 Å². The topological polar surface area (TPSA) is 93.6 Å². The molecule has 0 radical (unpaired) electrons. The lowest BCUT2D eigenvalue weighted by molar-refractivity contribution is 0.948. The van der Waals surface area contributed by atoms with E-state index in [9.17, 15) is 0 Å². The molecule has 0 amide bonds. The highest BCUT2D eigenvalue weighted by Crippen LogP contribution is 2.17. The molecule has 5 nitrogen and oxygen atoms in total. The van der Waals surface area contributed by atoms with Gasteiger partial charge < -0.3 is 11.5 Å². The van der Waals surface area contributed by atoms with Crippen molar-refractivity contribution in [2.75, 3.05) is 0 Å². The number of aromatic amines is 1. The van der Waals surface area contributed by atoms with Crippen LogP contribution in [0.2, 0.25) is 0 Å². The van der Waals surface area contributed by atoms with E-state index < -0.39 is 0 Å². The first kappa shape index (κ1) is 8.15. The molecule has 0 saturated carbocycles. The predicted octanol–water partition coefficient (Wildman–Crippen LogP) is -0.125. The van der Waals surface area contributed by atoms with Gasteiger partial charge in [0.15, 0.2) is 0 Å². The lowest BCUT2D eigenvalue weighted by Gasteiger charge is -2.04. The summed E-state index contributed by atoms with van der Waals surface area (Å²) in [6.07, 6.45) is 0. The van der Waals surface area contributed by atoms with Crippen LogP contribution in [0, 0.1) is 0 Å². The van der Waals surface area contributed by atoms with Crippen LogP contribution in [-0.4, -0.2) is 15.4 Å². The van der Waals surface area contributed by atoms with E-state index in [1.165, 1.54) is 0 Å². The zero-order valence-corrected chi connectivity index (χ0v) is 7.12. The molecule has 0 aliphatic heterocycles. The van der Waals surface area contributed by atoms with Gasteiger partial charge in [0.2, 0.25) is 0 Å². The van der Waals surface area contributed by atoms with Crippen LogP contribution < -0.4 is 11.5 Å². The summed E-state index contributed by atoms with van der Waals surface area (Å²) in [5.41, 5.74) is 14.9. The van der Waals surface area contributed by atoms with E-state index in [0.717, 1.165) is 22.2 Å². The van der Waals surface area contributed by atoms with E-state index in [1.54, 1.807) is 0 Å². The monoisotopic (exact) mass is 177 g/mol. The molecule has 1 aromatic carbocycles. The molecule has 68 valence electrons. The van der Waals surface area contributed by atoms with Crippen LogP contribution in [0.3, 0.4) is 0 Å². The van der Waals surface area contributed by atoms with Gasteiger partial charge in [-0.1, -0.05) is 6.07 Å². The minimum absolute atomic E-state index is 0.441. The Hall–Kier alpha value is -1.46. The Kier molecular flexibility index (Phi) is 1.96. The number of benzene rings is 1. The van der Waals surface area contributed by atoms with Gasteiger partial charge in [-0.2, -0.15) is 15.4 Å². The van der Waals surface area contributed by atoms with Crippen LogP contribution >= 0.6 is 0 Å². The van der Waals surface area contributed by atoms with Gasteiger partial charge in [0.25, 0.3) is 0 Å². The summed E-state index contributed by atoms with van der Waals surface area (Å²) in [7, 11) is 0. The van der Waals surface area contributed by atoms with Crippen LogP contribution in [0.15, 0.2) is 12.1 Å². The van der Waals surface area contributed by atoms with Crippen molar-refractivity contribution in [3.8, 4) is 0 Å². The number of H-pyrrole nitrogens is 1. The van der Waals surface area contributed by atoms with E-state index >= 15 is 0 Å². The zero-order chi connectivity index (χ0) is 9.26. The van der Waals surface area contributed by atoms with Gasteiger partial charge in [0.05, 0.1) is 0 Å². The third-order valence-corrected chi connectivity index (χ3v) is 2.11. The Morgan fingerprint density at radius 1 is 1.15 bits per heavy atom. The van der Waals surface area contributed by atoms with E-state index in [1.807, 2.05) is 12.1 Å². The molecule has 0 aliphatic rings. The molecule has 5 N–H and O–H groups in total. The van der Waals surface area contributed by atoms with E-state index in [-0.39, 0.29) is 0 Å². The SMILES string of the molecule is NCc1ccc2n[nH]nc2c1CN. The molecule has 1 aromatic heterocycles. The molecule has 2 aromatic rings. The molecular weight excluding hydrogens is 166 g/mol. The van der Waals surface area contributed by atoms with Gasteiger partial charge in [-0.3, -0.25) is 0 Å². The van der Waals surface area contributed by atoms with Gasteiger partial charge in [0, 0.05) is 13.1 Å². The lowest BCUT2D eigenvalue weighted by Crippen LogP contribution is -2.06. The van der Waals surface area contributed by atoms with Crippen molar-refractivity contribution in [3.63, 3.8) is 0 Å². The molecule has 0 spiro atoms. The molecule has 0 atom stereocenters. The van der Waals surface area contributed by atoms with Crippen molar-refractivity contribution >= 4 is 11.0 Å². The zero-order valence-electron chi connectivity index (χ0n) is 7.12. The molecular formula is C8H11N5. The summed E-state index contributed by atoms with van der Waals surface area (Å²) in [4.78, 5) is 0. The third kappa shape index (κ3) is 1.18. The highest BCUT2D eigenvalue weighted by molar-refractivity contribution is 5.78. The molecule has 5 heteroatoms. The molecule has 0 aliphatic carbocycles. The number of hydrogen-bond donors (Lipinski definition) is 3. The van der Waals surface area contributed by atoms with Crippen LogP contribution in [0.1, 0.15) is 11.1 Å². The fourth-order valence-corrected chi connectivity index (χ4v) is 1.43.